The minimum atomic E-state index is -4.45. The van der Waals surface area contributed by atoms with Gasteiger partial charge in [0.2, 0.25) is 5.91 Å². The number of halogens is 3. The van der Waals surface area contributed by atoms with Crippen LogP contribution in [0.25, 0.3) is 0 Å². The first kappa shape index (κ1) is 22.3. The van der Waals surface area contributed by atoms with Crippen molar-refractivity contribution in [3.8, 4) is 0 Å². The van der Waals surface area contributed by atoms with Gasteiger partial charge < -0.3 is 15.2 Å². The Bertz CT molecular complexity index is 1080. The number of nitrogens with zero attached hydrogens (tertiary/aromatic N) is 3. The summed E-state index contributed by atoms with van der Waals surface area (Å²) < 4.78 is 40.1. The molecule has 0 bridgehead atoms. The lowest BCUT2D eigenvalue weighted by molar-refractivity contribution is -0.137. The van der Waals surface area contributed by atoms with Crippen LogP contribution in [0.2, 0.25) is 0 Å². The number of amides is 2. The van der Waals surface area contributed by atoms with Gasteiger partial charge in [0.15, 0.2) is 5.16 Å². The van der Waals surface area contributed by atoms with E-state index in [1.54, 1.807) is 29.8 Å². The summed E-state index contributed by atoms with van der Waals surface area (Å²) in [5, 5.41) is 13.5. The maximum absolute atomic E-state index is 12.8. The third-order valence-electron chi connectivity index (χ3n) is 4.12. The zero-order valence-corrected chi connectivity index (χ0v) is 17.1. The van der Waals surface area contributed by atoms with E-state index in [0.29, 0.717) is 16.4 Å². The Morgan fingerprint density at radius 2 is 1.90 bits per heavy atom. The van der Waals surface area contributed by atoms with Crippen LogP contribution in [0.15, 0.2) is 60.0 Å². The molecule has 0 atom stereocenters. The normalized spacial score (nSPS) is 11.2. The number of nitrogens with one attached hydrogen (secondary N) is 2. The highest BCUT2D eigenvalue weighted by Crippen LogP contribution is 2.29. The van der Waals surface area contributed by atoms with Crippen LogP contribution in [0.5, 0.6) is 0 Å². The second kappa shape index (κ2) is 9.65. The topological polar surface area (TPSA) is 88.9 Å². The van der Waals surface area contributed by atoms with Gasteiger partial charge in [0.1, 0.15) is 6.33 Å². The van der Waals surface area contributed by atoms with Crippen molar-refractivity contribution in [2.75, 3.05) is 11.1 Å². The van der Waals surface area contributed by atoms with E-state index in [4.69, 9.17) is 0 Å². The van der Waals surface area contributed by atoms with Crippen molar-refractivity contribution in [2.45, 2.75) is 17.9 Å². The van der Waals surface area contributed by atoms with Crippen LogP contribution in [-0.2, 0) is 24.6 Å². The predicted molar refractivity (Wildman–Crippen MR) is 109 cm³/mol. The number of anilines is 1. The van der Waals surface area contributed by atoms with Gasteiger partial charge in [-0.05, 0) is 35.9 Å². The van der Waals surface area contributed by atoms with E-state index in [-0.39, 0.29) is 23.8 Å². The summed E-state index contributed by atoms with van der Waals surface area (Å²) in [6.07, 6.45) is -2.92. The summed E-state index contributed by atoms with van der Waals surface area (Å²) in [7, 11) is 1.77. The molecule has 1 aromatic heterocycles. The van der Waals surface area contributed by atoms with E-state index in [9.17, 15) is 22.8 Å². The molecule has 2 amide bonds. The van der Waals surface area contributed by atoms with Gasteiger partial charge in [-0.15, -0.1) is 10.2 Å². The number of hydrogen-bond acceptors (Lipinski definition) is 5. The molecule has 0 fully saturated rings. The number of benzene rings is 2. The first-order chi connectivity index (χ1) is 14.7. The van der Waals surface area contributed by atoms with Gasteiger partial charge in [-0.25, -0.2) is 0 Å². The second-order valence-corrected chi connectivity index (χ2v) is 7.47. The van der Waals surface area contributed by atoms with Gasteiger partial charge in [-0.2, -0.15) is 13.2 Å². The Balaban J connectivity index is 1.56. The number of hydrogen-bond donors (Lipinski definition) is 2. The van der Waals surface area contributed by atoms with E-state index in [2.05, 4.69) is 20.8 Å². The average Bonchev–Trinajstić information content (AvgIpc) is 3.15. The van der Waals surface area contributed by atoms with Crippen molar-refractivity contribution in [3.63, 3.8) is 0 Å². The molecule has 2 aromatic carbocycles. The maximum Gasteiger partial charge on any atom is 0.416 e. The fraction of sp³-hybridized carbons (Fsp3) is 0.200. The molecule has 1 heterocycles. The highest BCUT2D eigenvalue weighted by atomic mass is 32.2. The van der Waals surface area contributed by atoms with Gasteiger partial charge in [0.05, 0.1) is 11.3 Å². The zero-order chi connectivity index (χ0) is 22.4. The molecular weight excluding hydrogens is 431 g/mol. The van der Waals surface area contributed by atoms with Crippen molar-refractivity contribution < 1.29 is 22.8 Å². The number of aromatic nitrogens is 3. The van der Waals surface area contributed by atoms with Crippen molar-refractivity contribution in [2.24, 2.45) is 7.05 Å². The summed E-state index contributed by atoms with van der Waals surface area (Å²) in [5.74, 6) is -0.644. The van der Waals surface area contributed by atoms with Crippen molar-refractivity contribution in [3.05, 3.63) is 71.5 Å². The molecule has 162 valence electrons. The highest BCUT2D eigenvalue weighted by molar-refractivity contribution is 7.99. The Hall–Kier alpha value is -3.34. The van der Waals surface area contributed by atoms with Crippen molar-refractivity contribution >= 4 is 29.3 Å². The smallest absolute Gasteiger partial charge is 0.348 e. The Labute approximate surface area is 180 Å². The van der Waals surface area contributed by atoms with Crippen LogP contribution in [0, 0.1) is 0 Å². The molecule has 0 saturated carbocycles. The Morgan fingerprint density at radius 1 is 1.13 bits per heavy atom. The molecule has 3 aromatic rings. The molecule has 0 aliphatic heterocycles. The molecular formula is C20H18F3N5O2S. The molecule has 31 heavy (non-hydrogen) atoms. The monoisotopic (exact) mass is 449 g/mol. The lowest BCUT2D eigenvalue weighted by Gasteiger charge is -2.10. The molecule has 0 radical (unpaired) electrons. The standard InChI is InChI=1S/C20H18F3N5O2S/c1-28-12-25-27-19(28)31-11-17(29)26-16-7-3-5-14(9-16)18(30)24-10-13-4-2-6-15(8-13)20(21,22)23/h2-9,12H,10-11H2,1H3,(H,24,30)(H,26,29). The zero-order valence-electron chi connectivity index (χ0n) is 16.3. The van der Waals surface area contributed by atoms with Crippen molar-refractivity contribution in [1.29, 1.82) is 0 Å². The molecule has 7 nitrogen and oxygen atoms in total. The predicted octanol–water partition coefficient (Wildman–Crippen LogP) is 3.49. The average molecular weight is 449 g/mol. The minimum Gasteiger partial charge on any atom is -0.348 e. The minimum absolute atomic E-state index is 0.0618. The van der Waals surface area contributed by atoms with Crippen LogP contribution in [0.3, 0.4) is 0 Å². The van der Waals surface area contributed by atoms with E-state index in [1.165, 1.54) is 36.3 Å². The van der Waals surface area contributed by atoms with Crippen LogP contribution in [0.1, 0.15) is 21.5 Å². The largest absolute Gasteiger partial charge is 0.416 e. The summed E-state index contributed by atoms with van der Waals surface area (Å²) in [4.78, 5) is 24.5. The molecule has 0 aliphatic rings. The lowest BCUT2D eigenvalue weighted by Crippen LogP contribution is -2.23. The third kappa shape index (κ3) is 6.32. The fourth-order valence-electron chi connectivity index (χ4n) is 2.61. The van der Waals surface area contributed by atoms with Gasteiger partial charge >= 0.3 is 6.18 Å². The number of thioether (sulfide) groups is 1. The Morgan fingerprint density at radius 3 is 2.61 bits per heavy atom. The highest BCUT2D eigenvalue weighted by Gasteiger charge is 2.30. The molecule has 0 spiro atoms. The number of rotatable bonds is 7. The number of aryl methyl sites for hydroxylation is 1. The quantitative estimate of drug-likeness (QED) is 0.539. The first-order valence-corrected chi connectivity index (χ1v) is 10.0. The molecule has 2 N–H and O–H groups in total. The summed E-state index contributed by atoms with van der Waals surface area (Å²) >= 11 is 1.22. The number of carbonyl (C=O) groups excluding carboxylic acids is 2. The van der Waals surface area contributed by atoms with Crippen LogP contribution in [0.4, 0.5) is 18.9 Å². The van der Waals surface area contributed by atoms with Gasteiger partial charge in [0, 0.05) is 24.8 Å². The fourth-order valence-corrected chi connectivity index (χ4v) is 3.30. The lowest BCUT2D eigenvalue weighted by atomic mass is 10.1. The van der Waals surface area contributed by atoms with E-state index in [0.717, 1.165) is 12.1 Å². The van der Waals surface area contributed by atoms with Gasteiger partial charge in [0.25, 0.3) is 5.91 Å². The van der Waals surface area contributed by atoms with Crippen LogP contribution in [-0.4, -0.2) is 32.3 Å². The summed E-state index contributed by atoms with van der Waals surface area (Å²) in [6.45, 7) is -0.0618. The van der Waals surface area contributed by atoms with E-state index < -0.39 is 17.6 Å². The maximum atomic E-state index is 12.8. The summed E-state index contributed by atoms with van der Waals surface area (Å²) in [5.41, 5.74) is 0.248. The molecule has 0 unspecified atom stereocenters. The van der Waals surface area contributed by atoms with Gasteiger partial charge in [-0.3, -0.25) is 9.59 Å². The van der Waals surface area contributed by atoms with Crippen LogP contribution < -0.4 is 10.6 Å². The summed E-state index contributed by atoms with van der Waals surface area (Å²) in [6, 6.07) is 11.0. The number of carbonyl (C=O) groups is 2. The molecule has 11 heteroatoms. The van der Waals surface area contributed by atoms with Crippen LogP contribution >= 0.6 is 11.8 Å². The van der Waals surface area contributed by atoms with Crippen molar-refractivity contribution in [1.82, 2.24) is 20.1 Å². The van der Waals surface area contributed by atoms with E-state index in [1.807, 2.05) is 0 Å². The SMILES string of the molecule is Cn1cnnc1SCC(=O)Nc1cccc(C(=O)NCc2cccc(C(F)(F)F)c2)c1. The van der Waals surface area contributed by atoms with Gasteiger partial charge in [-0.1, -0.05) is 30.0 Å². The molecule has 0 saturated heterocycles. The van der Waals surface area contributed by atoms with E-state index >= 15 is 0 Å². The molecule has 0 aliphatic carbocycles. The third-order valence-corrected chi connectivity index (χ3v) is 5.15. The first-order valence-electron chi connectivity index (χ1n) is 9.03. The molecule has 3 rings (SSSR count). The number of alkyl halides is 3. The second-order valence-electron chi connectivity index (χ2n) is 6.52. The Kier molecular flexibility index (Phi) is 6.95.